The number of aryl methyl sites for hydroxylation is 2. The fourth-order valence-electron chi connectivity index (χ4n) is 3.35. The summed E-state index contributed by atoms with van der Waals surface area (Å²) in [6.07, 6.45) is 0.759. The van der Waals surface area contributed by atoms with E-state index >= 15 is 0 Å². The molecule has 0 fully saturated rings. The molecule has 0 spiro atoms. The first-order chi connectivity index (χ1) is 14.4. The summed E-state index contributed by atoms with van der Waals surface area (Å²) in [6, 6.07) is 16.1. The zero-order valence-electron chi connectivity index (χ0n) is 16.8. The van der Waals surface area contributed by atoms with Crippen molar-refractivity contribution in [2.24, 2.45) is 12.8 Å². The van der Waals surface area contributed by atoms with E-state index in [1.54, 1.807) is 11.6 Å². The van der Waals surface area contributed by atoms with Gasteiger partial charge in [0.25, 0.3) is 0 Å². The van der Waals surface area contributed by atoms with E-state index in [2.05, 4.69) is 52.5 Å². The zero-order chi connectivity index (χ0) is 21.3. The van der Waals surface area contributed by atoms with Crippen LogP contribution in [0.1, 0.15) is 16.8 Å². The normalized spacial score (nSPS) is 12.1. The van der Waals surface area contributed by atoms with E-state index in [0.717, 1.165) is 27.9 Å². The molecule has 8 heteroatoms. The first-order valence-electron chi connectivity index (χ1n) is 9.59. The molecule has 152 valence electrons. The number of fused-ring (bicyclic) bond motifs is 1. The molecule has 0 amide bonds. The molecule has 0 saturated carbocycles. The SMILES string of the molecule is Cc1ccc(C[C@H](N)CNc2nc(C#N)c(-c3ccc4[nH]c(=O)n(C)c4c3)s2)cc1. The minimum Gasteiger partial charge on any atom is -0.360 e. The Hall–Kier alpha value is -3.41. The molecule has 2 aromatic carbocycles. The number of imidazole rings is 1. The van der Waals surface area contributed by atoms with Gasteiger partial charge in [-0.2, -0.15) is 5.26 Å². The molecule has 0 unspecified atom stereocenters. The Morgan fingerprint density at radius 2 is 2.07 bits per heavy atom. The summed E-state index contributed by atoms with van der Waals surface area (Å²) in [5.74, 6) is 0. The number of rotatable bonds is 6. The first kappa shape index (κ1) is 19.9. The van der Waals surface area contributed by atoms with Gasteiger partial charge in [0.05, 0.1) is 15.9 Å². The van der Waals surface area contributed by atoms with Crippen LogP contribution in [0, 0.1) is 18.3 Å². The lowest BCUT2D eigenvalue weighted by Gasteiger charge is -2.12. The van der Waals surface area contributed by atoms with E-state index in [1.165, 1.54) is 22.5 Å². The molecule has 0 saturated heterocycles. The van der Waals surface area contributed by atoms with Crippen LogP contribution in [0.5, 0.6) is 0 Å². The second kappa shape index (κ2) is 8.14. The molecule has 30 heavy (non-hydrogen) atoms. The van der Waals surface area contributed by atoms with Gasteiger partial charge in [-0.3, -0.25) is 4.57 Å². The van der Waals surface area contributed by atoms with Gasteiger partial charge >= 0.3 is 5.69 Å². The Balaban J connectivity index is 1.51. The molecule has 1 atom stereocenters. The topological polar surface area (TPSA) is 113 Å². The van der Waals surface area contributed by atoms with E-state index in [1.807, 2.05) is 18.2 Å². The molecular formula is C22H22N6OS. The number of thiazole rings is 1. The van der Waals surface area contributed by atoms with Crippen molar-refractivity contribution < 1.29 is 0 Å². The van der Waals surface area contributed by atoms with Crippen LogP contribution in [0.3, 0.4) is 0 Å². The second-order valence-electron chi connectivity index (χ2n) is 7.36. The maximum atomic E-state index is 11.8. The number of nitrogens with one attached hydrogen (secondary N) is 2. The summed E-state index contributed by atoms with van der Waals surface area (Å²) in [7, 11) is 1.71. The third kappa shape index (κ3) is 3.99. The Bertz CT molecular complexity index is 1290. The largest absolute Gasteiger partial charge is 0.360 e. The average Bonchev–Trinajstić information content (AvgIpc) is 3.28. The first-order valence-corrected chi connectivity index (χ1v) is 10.4. The maximum absolute atomic E-state index is 11.8. The Morgan fingerprint density at radius 3 is 2.80 bits per heavy atom. The molecular weight excluding hydrogens is 396 g/mol. The average molecular weight is 419 g/mol. The van der Waals surface area contributed by atoms with Gasteiger partial charge in [0, 0.05) is 19.6 Å². The van der Waals surface area contributed by atoms with Crippen molar-refractivity contribution in [3.05, 3.63) is 69.8 Å². The van der Waals surface area contributed by atoms with Gasteiger partial charge < -0.3 is 16.0 Å². The number of benzene rings is 2. The van der Waals surface area contributed by atoms with E-state index in [9.17, 15) is 10.1 Å². The summed E-state index contributed by atoms with van der Waals surface area (Å²) in [5, 5.41) is 13.5. The number of anilines is 1. The van der Waals surface area contributed by atoms with E-state index < -0.39 is 0 Å². The number of aromatic nitrogens is 3. The molecule has 2 heterocycles. The van der Waals surface area contributed by atoms with Gasteiger partial charge in [-0.05, 0) is 36.6 Å². The summed E-state index contributed by atoms with van der Waals surface area (Å²) < 4.78 is 1.55. The number of nitriles is 1. The summed E-state index contributed by atoms with van der Waals surface area (Å²) >= 11 is 1.41. The number of nitrogens with two attached hydrogens (primary N) is 1. The van der Waals surface area contributed by atoms with Crippen LogP contribution in [-0.4, -0.2) is 27.1 Å². The minimum atomic E-state index is -0.170. The van der Waals surface area contributed by atoms with Crippen molar-refractivity contribution in [3.63, 3.8) is 0 Å². The third-order valence-electron chi connectivity index (χ3n) is 5.03. The van der Waals surface area contributed by atoms with Crippen LogP contribution in [-0.2, 0) is 13.5 Å². The molecule has 7 nitrogen and oxygen atoms in total. The number of H-pyrrole nitrogens is 1. The predicted molar refractivity (Wildman–Crippen MR) is 121 cm³/mol. The fourth-order valence-corrected chi connectivity index (χ4v) is 4.27. The van der Waals surface area contributed by atoms with Crippen LogP contribution in [0.15, 0.2) is 47.3 Å². The van der Waals surface area contributed by atoms with Gasteiger partial charge in [-0.15, -0.1) is 0 Å². The summed E-state index contributed by atoms with van der Waals surface area (Å²) in [6.45, 7) is 2.61. The van der Waals surface area contributed by atoms with E-state index in [4.69, 9.17) is 5.73 Å². The van der Waals surface area contributed by atoms with Crippen molar-refractivity contribution in [2.75, 3.05) is 11.9 Å². The highest BCUT2D eigenvalue weighted by Crippen LogP contribution is 2.34. The van der Waals surface area contributed by atoms with Crippen LogP contribution < -0.4 is 16.7 Å². The van der Waals surface area contributed by atoms with Crippen LogP contribution >= 0.6 is 11.3 Å². The number of aromatic amines is 1. The summed E-state index contributed by atoms with van der Waals surface area (Å²) in [5.41, 5.74) is 11.3. The summed E-state index contributed by atoms with van der Waals surface area (Å²) in [4.78, 5) is 19.8. The number of hydrogen-bond acceptors (Lipinski definition) is 6. The van der Waals surface area contributed by atoms with Crippen LogP contribution in [0.4, 0.5) is 5.13 Å². The standard InChI is InChI=1S/C22H22N6OS/c1-13-3-5-14(6-4-13)9-16(24)12-25-21-26-18(11-23)20(30-21)15-7-8-17-19(10-15)28(2)22(29)27-17/h3-8,10,16H,9,12,24H2,1-2H3,(H,25,26)(H,27,29)/t16-/m0/s1. The van der Waals surface area contributed by atoms with Gasteiger partial charge in [0.2, 0.25) is 0 Å². The Kier molecular flexibility index (Phi) is 5.40. The van der Waals surface area contributed by atoms with Crippen molar-refractivity contribution in [1.29, 1.82) is 5.26 Å². The van der Waals surface area contributed by atoms with E-state index in [0.29, 0.717) is 17.4 Å². The quantitative estimate of drug-likeness (QED) is 0.445. The lowest BCUT2D eigenvalue weighted by Crippen LogP contribution is -2.31. The second-order valence-corrected chi connectivity index (χ2v) is 8.36. The fraction of sp³-hybridized carbons (Fsp3) is 0.227. The van der Waals surface area contributed by atoms with Gasteiger partial charge in [0.1, 0.15) is 6.07 Å². The monoisotopic (exact) mass is 418 g/mol. The van der Waals surface area contributed by atoms with Crippen molar-refractivity contribution in [3.8, 4) is 16.5 Å². The van der Waals surface area contributed by atoms with Gasteiger partial charge in [0.15, 0.2) is 10.8 Å². The lowest BCUT2D eigenvalue weighted by atomic mass is 10.1. The van der Waals surface area contributed by atoms with E-state index in [-0.39, 0.29) is 11.7 Å². The molecule has 4 rings (SSSR count). The van der Waals surface area contributed by atoms with Crippen LogP contribution in [0.2, 0.25) is 0 Å². The highest BCUT2D eigenvalue weighted by molar-refractivity contribution is 7.19. The van der Waals surface area contributed by atoms with Crippen molar-refractivity contribution >= 4 is 27.5 Å². The lowest BCUT2D eigenvalue weighted by molar-refractivity contribution is 0.699. The predicted octanol–water partition coefficient (Wildman–Crippen LogP) is 3.15. The maximum Gasteiger partial charge on any atom is 0.326 e. The third-order valence-corrected chi connectivity index (χ3v) is 6.10. The molecule has 4 N–H and O–H groups in total. The number of hydrogen-bond donors (Lipinski definition) is 3. The van der Waals surface area contributed by atoms with Crippen molar-refractivity contribution in [2.45, 2.75) is 19.4 Å². The molecule has 0 aliphatic rings. The Morgan fingerprint density at radius 1 is 1.30 bits per heavy atom. The zero-order valence-corrected chi connectivity index (χ0v) is 17.6. The van der Waals surface area contributed by atoms with Gasteiger partial charge in [-0.25, -0.2) is 9.78 Å². The van der Waals surface area contributed by atoms with Crippen molar-refractivity contribution in [1.82, 2.24) is 14.5 Å². The molecule has 0 aliphatic heterocycles. The minimum absolute atomic E-state index is 0.0728. The highest BCUT2D eigenvalue weighted by Gasteiger charge is 2.15. The molecule has 4 aromatic rings. The van der Waals surface area contributed by atoms with Crippen LogP contribution in [0.25, 0.3) is 21.5 Å². The van der Waals surface area contributed by atoms with Gasteiger partial charge in [-0.1, -0.05) is 47.2 Å². The molecule has 0 radical (unpaired) electrons. The number of nitrogens with zero attached hydrogens (tertiary/aromatic N) is 3. The smallest absolute Gasteiger partial charge is 0.326 e. The highest BCUT2D eigenvalue weighted by atomic mass is 32.1. The molecule has 0 bridgehead atoms. The Labute approximate surface area is 177 Å². The molecule has 0 aliphatic carbocycles. The molecule has 2 aromatic heterocycles.